The molecular weight excluding hydrogens is 240 g/mol. The molecule has 1 amide bonds. The van der Waals surface area contributed by atoms with Gasteiger partial charge in [-0.2, -0.15) is 0 Å². The van der Waals surface area contributed by atoms with E-state index in [0.29, 0.717) is 0 Å². The molecule has 1 fully saturated rings. The highest BCUT2D eigenvalue weighted by molar-refractivity contribution is 5.97. The summed E-state index contributed by atoms with van der Waals surface area (Å²) in [6, 6.07) is 5.60. The first-order valence-corrected chi connectivity index (χ1v) is 6.53. The molecule has 100 valence electrons. The van der Waals surface area contributed by atoms with Crippen LogP contribution in [0.3, 0.4) is 0 Å². The number of aromatic amines is 1. The fourth-order valence-corrected chi connectivity index (χ4v) is 2.57. The van der Waals surface area contributed by atoms with Gasteiger partial charge in [0.05, 0.1) is 17.4 Å². The first-order valence-electron chi connectivity index (χ1n) is 6.53. The Hall–Kier alpha value is -1.88. The van der Waals surface area contributed by atoms with E-state index in [-0.39, 0.29) is 11.4 Å². The molecule has 0 radical (unpaired) electrons. The van der Waals surface area contributed by atoms with Crippen LogP contribution in [-0.2, 0) is 0 Å². The van der Waals surface area contributed by atoms with Crippen molar-refractivity contribution in [2.24, 2.45) is 0 Å². The fourth-order valence-electron chi connectivity index (χ4n) is 2.57. The van der Waals surface area contributed by atoms with Gasteiger partial charge in [0, 0.05) is 30.7 Å². The summed E-state index contributed by atoms with van der Waals surface area (Å²) < 4.78 is 0. The molecule has 19 heavy (non-hydrogen) atoms. The number of aromatic nitrogens is 2. The van der Waals surface area contributed by atoms with E-state index in [9.17, 15) is 4.79 Å². The first kappa shape index (κ1) is 12.2. The zero-order valence-corrected chi connectivity index (χ0v) is 11.2. The SMILES string of the molecule is CC1(C)CN(C(=O)c2ccc3nc[nH]c3c2)CCN1. The molecule has 1 aliphatic heterocycles. The van der Waals surface area contributed by atoms with Crippen LogP contribution < -0.4 is 5.32 Å². The lowest BCUT2D eigenvalue weighted by Crippen LogP contribution is -2.58. The number of hydrogen-bond acceptors (Lipinski definition) is 3. The van der Waals surface area contributed by atoms with Gasteiger partial charge in [0.1, 0.15) is 0 Å². The number of carbonyl (C=O) groups excluding carboxylic acids is 1. The van der Waals surface area contributed by atoms with E-state index in [4.69, 9.17) is 0 Å². The van der Waals surface area contributed by atoms with E-state index in [2.05, 4.69) is 29.1 Å². The van der Waals surface area contributed by atoms with Gasteiger partial charge < -0.3 is 15.2 Å². The minimum absolute atomic E-state index is 0.0218. The van der Waals surface area contributed by atoms with Crippen LogP contribution in [0.15, 0.2) is 24.5 Å². The Morgan fingerprint density at radius 3 is 3.05 bits per heavy atom. The zero-order chi connectivity index (χ0) is 13.5. The highest BCUT2D eigenvalue weighted by Crippen LogP contribution is 2.16. The Kier molecular flexibility index (Phi) is 2.78. The second-order valence-corrected chi connectivity index (χ2v) is 5.67. The van der Waals surface area contributed by atoms with Crippen LogP contribution in [0.4, 0.5) is 0 Å². The number of imidazole rings is 1. The molecule has 0 saturated carbocycles. The van der Waals surface area contributed by atoms with Gasteiger partial charge in [-0.25, -0.2) is 4.98 Å². The average Bonchev–Trinajstić information content (AvgIpc) is 2.83. The Labute approximate surface area is 112 Å². The summed E-state index contributed by atoms with van der Waals surface area (Å²) in [4.78, 5) is 21.6. The maximum absolute atomic E-state index is 12.5. The van der Waals surface area contributed by atoms with Gasteiger partial charge in [0.25, 0.3) is 5.91 Å². The second kappa shape index (κ2) is 4.35. The van der Waals surface area contributed by atoms with Crippen LogP contribution in [0, 0.1) is 0 Å². The molecule has 0 atom stereocenters. The number of piperazine rings is 1. The van der Waals surface area contributed by atoms with Gasteiger partial charge in [-0.3, -0.25) is 4.79 Å². The Bertz CT molecular complexity index is 617. The number of carbonyl (C=O) groups is 1. The van der Waals surface area contributed by atoms with Crippen LogP contribution in [0.2, 0.25) is 0 Å². The van der Waals surface area contributed by atoms with Gasteiger partial charge in [-0.15, -0.1) is 0 Å². The number of fused-ring (bicyclic) bond motifs is 1. The van der Waals surface area contributed by atoms with E-state index in [1.807, 2.05) is 23.1 Å². The molecule has 0 bridgehead atoms. The van der Waals surface area contributed by atoms with Crippen LogP contribution in [0.1, 0.15) is 24.2 Å². The van der Waals surface area contributed by atoms with Gasteiger partial charge in [0.15, 0.2) is 0 Å². The lowest BCUT2D eigenvalue weighted by molar-refractivity contribution is 0.0652. The number of rotatable bonds is 1. The third-order valence-corrected chi connectivity index (χ3v) is 3.53. The molecule has 3 rings (SSSR count). The van der Waals surface area contributed by atoms with Crippen molar-refractivity contribution in [2.75, 3.05) is 19.6 Å². The van der Waals surface area contributed by atoms with Crippen molar-refractivity contribution < 1.29 is 4.79 Å². The Balaban J connectivity index is 1.86. The topological polar surface area (TPSA) is 61.0 Å². The third kappa shape index (κ3) is 2.33. The maximum Gasteiger partial charge on any atom is 0.254 e. The van der Waals surface area contributed by atoms with Crippen molar-refractivity contribution in [1.29, 1.82) is 0 Å². The van der Waals surface area contributed by atoms with Crippen molar-refractivity contribution in [1.82, 2.24) is 20.2 Å². The minimum Gasteiger partial charge on any atom is -0.345 e. The summed E-state index contributed by atoms with van der Waals surface area (Å²) >= 11 is 0. The van der Waals surface area contributed by atoms with E-state index >= 15 is 0 Å². The van der Waals surface area contributed by atoms with Crippen LogP contribution in [0.5, 0.6) is 0 Å². The second-order valence-electron chi connectivity index (χ2n) is 5.67. The highest BCUT2D eigenvalue weighted by Gasteiger charge is 2.29. The summed E-state index contributed by atoms with van der Waals surface area (Å²) in [7, 11) is 0. The summed E-state index contributed by atoms with van der Waals surface area (Å²) in [6.45, 7) is 6.55. The molecular formula is C14H18N4O. The first-order chi connectivity index (χ1) is 9.05. The zero-order valence-electron chi connectivity index (χ0n) is 11.2. The number of nitrogens with zero attached hydrogens (tertiary/aromatic N) is 2. The number of hydrogen-bond donors (Lipinski definition) is 2. The molecule has 5 nitrogen and oxygen atoms in total. The average molecular weight is 258 g/mol. The highest BCUT2D eigenvalue weighted by atomic mass is 16.2. The standard InChI is InChI=1S/C14H18N4O/c1-14(2)8-18(6-5-17-14)13(19)10-3-4-11-12(7-10)16-9-15-11/h3-4,7,9,17H,5-6,8H2,1-2H3,(H,15,16). The van der Waals surface area contributed by atoms with E-state index < -0.39 is 0 Å². The molecule has 0 unspecified atom stereocenters. The molecule has 2 aromatic rings. The van der Waals surface area contributed by atoms with Crippen molar-refractivity contribution in [2.45, 2.75) is 19.4 Å². The van der Waals surface area contributed by atoms with E-state index in [1.54, 1.807) is 6.33 Å². The van der Waals surface area contributed by atoms with Crippen molar-refractivity contribution in [3.8, 4) is 0 Å². The molecule has 2 heterocycles. The van der Waals surface area contributed by atoms with Gasteiger partial charge >= 0.3 is 0 Å². The van der Waals surface area contributed by atoms with Crippen molar-refractivity contribution in [3.05, 3.63) is 30.1 Å². The number of amides is 1. The molecule has 2 N–H and O–H groups in total. The van der Waals surface area contributed by atoms with Gasteiger partial charge in [-0.1, -0.05) is 0 Å². The quantitative estimate of drug-likeness (QED) is 0.812. The fraction of sp³-hybridized carbons (Fsp3) is 0.429. The van der Waals surface area contributed by atoms with Crippen molar-refractivity contribution >= 4 is 16.9 Å². The summed E-state index contributed by atoms with van der Waals surface area (Å²) in [5.74, 6) is 0.0890. The molecule has 0 aliphatic carbocycles. The number of H-pyrrole nitrogens is 1. The summed E-state index contributed by atoms with van der Waals surface area (Å²) in [5.41, 5.74) is 2.48. The maximum atomic E-state index is 12.5. The summed E-state index contributed by atoms with van der Waals surface area (Å²) in [5, 5.41) is 3.41. The monoisotopic (exact) mass is 258 g/mol. The third-order valence-electron chi connectivity index (χ3n) is 3.53. The lowest BCUT2D eigenvalue weighted by atomic mass is 10.0. The van der Waals surface area contributed by atoms with Crippen LogP contribution in [-0.4, -0.2) is 45.9 Å². The lowest BCUT2D eigenvalue weighted by Gasteiger charge is -2.39. The molecule has 0 spiro atoms. The molecule has 1 saturated heterocycles. The Morgan fingerprint density at radius 2 is 2.26 bits per heavy atom. The largest absolute Gasteiger partial charge is 0.345 e. The predicted octanol–water partition coefficient (Wildman–Crippen LogP) is 1.39. The minimum atomic E-state index is -0.0218. The smallest absolute Gasteiger partial charge is 0.254 e. The molecule has 5 heteroatoms. The van der Waals surface area contributed by atoms with Crippen molar-refractivity contribution in [3.63, 3.8) is 0 Å². The van der Waals surface area contributed by atoms with Gasteiger partial charge in [0.2, 0.25) is 0 Å². The van der Waals surface area contributed by atoms with E-state index in [0.717, 1.165) is 36.2 Å². The number of nitrogens with one attached hydrogen (secondary N) is 2. The molecule has 1 aromatic carbocycles. The van der Waals surface area contributed by atoms with Gasteiger partial charge in [-0.05, 0) is 32.0 Å². The molecule has 1 aromatic heterocycles. The normalized spacial score (nSPS) is 18.7. The van der Waals surface area contributed by atoms with Crippen LogP contribution >= 0.6 is 0 Å². The molecule has 1 aliphatic rings. The summed E-state index contributed by atoms with van der Waals surface area (Å²) in [6.07, 6.45) is 1.65. The number of benzene rings is 1. The predicted molar refractivity (Wildman–Crippen MR) is 74.1 cm³/mol. The Morgan fingerprint density at radius 1 is 1.42 bits per heavy atom. The van der Waals surface area contributed by atoms with E-state index in [1.165, 1.54) is 0 Å². The van der Waals surface area contributed by atoms with Crippen LogP contribution in [0.25, 0.3) is 11.0 Å².